The zero-order chi connectivity index (χ0) is 14.3. The van der Waals surface area contributed by atoms with Crippen LogP contribution in [0.4, 0.5) is 10.2 Å². The minimum absolute atomic E-state index is 0.130. The summed E-state index contributed by atoms with van der Waals surface area (Å²) in [5.41, 5.74) is 1.31. The number of nitrogens with zero attached hydrogens (tertiary/aromatic N) is 4. The molecule has 5 nitrogen and oxygen atoms in total. The fraction of sp³-hybridized carbons (Fsp3) is 0.0833. The average molecular weight is 310 g/mol. The molecular formula is C12H9ClFN5S. The number of hydrogen-bond acceptors (Lipinski definition) is 5. The third kappa shape index (κ3) is 2.08. The highest BCUT2D eigenvalue weighted by Crippen LogP contribution is 2.30. The van der Waals surface area contributed by atoms with Crippen molar-refractivity contribution in [2.24, 2.45) is 0 Å². The maximum absolute atomic E-state index is 13.4. The summed E-state index contributed by atoms with van der Waals surface area (Å²) in [6.45, 7) is 0. The zero-order valence-electron chi connectivity index (χ0n) is 10.3. The number of anilines is 1. The first-order chi connectivity index (χ1) is 9.60. The lowest BCUT2D eigenvalue weighted by Crippen LogP contribution is -1.99. The van der Waals surface area contributed by atoms with Gasteiger partial charge in [-0.3, -0.25) is 3.97 Å². The number of aromatic nitrogens is 4. The van der Waals surface area contributed by atoms with Crippen molar-refractivity contribution in [2.75, 3.05) is 12.4 Å². The van der Waals surface area contributed by atoms with Crippen molar-refractivity contribution < 1.29 is 4.39 Å². The van der Waals surface area contributed by atoms with Gasteiger partial charge in [0.1, 0.15) is 0 Å². The van der Waals surface area contributed by atoms with Crippen LogP contribution in [0.1, 0.15) is 0 Å². The monoisotopic (exact) mass is 309 g/mol. The summed E-state index contributed by atoms with van der Waals surface area (Å²) < 4.78 is 15.0. The van der Waals surface area contributed by atoms with Gasteiger partial charge in [-0.25, -0.2) is 19.3 Å². The van der Waals surface area contributed by atoms with Gasteiger partial charge in [-0.15, -0.1) is 0 Å². The van der Waals surface area contributed by atoms with Crippen LogP contribution in [0.2, 0.25) is 5.02 Å². The number of rotatable bonds is 2. The van der Waals surface area contributed by atoms with Crippen molar-refractivity contribution in [1.82, 2.24) is 18.9 Å². The second kappa shape index (κ2) is 4.92. The minimum Gasteiger partial charge on any atom is -0.371 e. The SMILES string of the molecule is CNc1nc(-c2cn(S)c3ncc(Cl)cc23)ncc1F. The van der Waals surface area contributed by atoms with Gasteiger partial charge in [0.25, 0.3) is 0 Å². The van der Waals surface area contributed by atoms with Crippen LogP contribution in [0.3, 0.4) is 0 Å². The van der Waals surface area contributed by atoms with Crippen LogP contribution in [-0.2, 0) is 0 Å². The predicted octanol–water partition coefficient (Wildman–Crippen LogP) is 3.02. The van der Waals surface area contributed by atoms with Gasteiger partial charge in [0.15, 0.2) is 23.1 Å². The Morgan fingerprint density at radius 1 is 1.35 bits per heavy atom. The molecule has 0 atom stereocenters. The Kier molecular flexibility index (Phi) is 3.23. The Balaban J connectivity index is 2.26. The highest BCUT2D eigenvalue weighted by molar-refractivity contribution is 7.78. The van der Waals surface area contributed by atoms with Gasteiger partial charge in [-0.05, 0) is 6.07 Å². The first-order valence-electron chi connectivity index (χ1n) is 5.66. The van der Waals surface area contributed by atoms with Crippen molar-refractivity contribution in [2.45, 2.75) is 0 Å². The van der Waals surface area contributed by atoms with Gasteiger partial charge >= 0.3 is 0 Å². The molecule has 102 valence electrons. The van der Waals surface area contributed by atoms with Crippen molar-refractivity contribution in [3.8, 4) is 11.4 Å². The second-order valence-electron chi connectivity index (χ2n) is 4.05. The number of nitrogens with one attached hydrogen (secondary N) is 1. The van der Waals surface area contributed by atoms with E-state index in [9.17, 15) is 4.39 Å². The summed E-state index contributed by atoms with van der Waals surface area (Å²) in [5.74, 6) is -0.00955. The van der Waals surface area contributed by atoms with Gasteiger partial charge in [0.2, 0.25) is 0 Å². The Bertz CT molecular complexity index is 804. The maximum Gasteiger partial charge on any atom is 0.183 e. The van der Waals surface area contributed by atoms with Gasteiger partial charge < -0.3 is 5.32 Å². The van der Waals surface area contributed by atoms with Crippen LogP contribution in [-0.4, -0.2) is 26.0 Å². The number of thiol groups is 1. The highest BCUT2D eigenvalue weighted by atomic mass is 35.5. The number of fused-ring (bicyclic) bond motifs is 1. The van der Waals surface area contributed by atoms with Crippen LogP contribution < -0.4 is 5.32 Å². The molecule has 0 fully saturated rings. The smallest absolute Gasteiger partial charge is 0.183 e. The molecule has 0 bridgehead atoms. The van der Waals surface area contributed by atoms with Crippen molar-refractivity contribution >= 4 is 41.3 Å². The molecule has 3 heterocycles. The molecule has 1 N–H and O–H groups in total. The molecule has 0 amide bonds. The third-order valence-electron chi connectivity index (χ3n) is 2.81. The Hall–Kier alpha value is -1.86. The lowest BCUT2D eigenvalue weighted by Gasteiger charge is -2.03. The normalized spacial score (nSPS) is 11.0. The molecule has 0 aliphatic carbocycles. The fourth-order valence-corrected chi connectivity index (χ4v) is 2.35. The summed E-state index contributed by atoms with van der Waals surface area (Å²) in [4.78, 5) is 12.3. The van der Waals surface area contributed by atoms with E-state index in [2.05, 4.69) is 33.1 Å². The first-order valence-corrected chi connectivity index (χ1v) is 6.44. The van der Waals surface area contributed by atoms with E-state index in [0.29, 0.717) is 22.1 Å². The quantitative estimate of drug-likeness (QED) is 0.715. The molecule has 0 aliphatic heterocycles. The van der Waals surface area contributed by atoms with Gasteiger partial charge in [0, 0.05) is 30.4 Å². The lowest BCUT2D eigenvalue weighted by molar-refractivity contribution is 0.619. The molecule has 0 aliphatic rings. The molecule has 8 heteroatoms. The van der Waals surface area contributed by atoms with Crippen molar-refractivity contribution in [3.63, 3.8) is 0 Å². The minimum atomic E-state index is -0.512. The summed E-state index contributed by atoms with van der Waals surface area (Å²) in [6.07, 6.45) is 4.36. The Morgan fingerprint density at radius 2 is 2.15 bits per heavy atom. The third-order valence-corrected chi connectivity index (χ3v) is 3.33. The van der Waals surface area contributed by atoms with E-state index in [1.54, 1.807) is 23.3 Å². The number of hydrogen-bond donors (Lipinski definition) is 2. The molecule has 3 aromatic heterocycles. The van der Waals surface area contributed by atoms with Crippen LogP contribution in [0.15, 0.2) is 24.7 Å². The molecule has 3 rings (SSSR count). The first kappa shape index (κ1) is 13.1. The topological polar surface area (TPSA) is 55.6 Å². The van der Waals surface area contributed by atoms with E-state index < -0.39 is 5.82 Å². The maximum atomic E-state index is 13.4. The molecule has 0 radical (unpaired) electrons. The van der Waals surface area contributed by atoms with Crippen molar-refractivity contribution in [3.05, 3.63) is 35.5 Å². The van der Waals surface area contributed by atoms with Crippen LogP contribution in [0, 0.1) is 5.82 Å². The summed E-state index contributed by atoms with van der Waals surface area (Å²) in [7, 11) is 1.59. The number of halogens is 2. The van der Waals surface area contributed by atoms with Crippen LogP contribution >= 0.6 is 24.4 Å². The lowest BCUT2D eigenvalue weighted by atomic mass is 10.2. The molecule has 0 spiro atoms. The molecular weight excluding hydrogens is 301 g/mol. The van der Waals surface area contributed by atoms with E-state index in [1.165, 1.54) is 6.20 Å². The van der Waals surface area contributed by atoms with Gasteiger partial charge in [0.05, 0.1) is 11.2 Å². The molecule has 0 unspecified atom stereocenters. The number of pyridine rings is 1. The van der Waals surface area contributed by atoms with Crippen LogP contribution in [0.5, 0.6) is 0 Å². The van der Waals surface area contributed by atoms with E-state index in [4.69, 9.17) is 11.6 Å². The highest BCUT2D eigenvalue weighted by Gasteiger charge is 2.15. The molecule has 0 aromatic carbocycles. The van der Waals surface area contributed by atoms with Crippen molar-refractivity contribution in [1.29, 1.82) is 0 Å². The molecule has 20 heavy (non-hydrogen) atoms. The fourth-order valence-electron chi connectivity index (χ4n) is 1.92. The predicted molar refractivity (Wildman–Crippen MR) is 79.7 cm³/mol. The van der Waals surface area contributed by atoms with Crippen LogP contribution in [0.25, 0.3) is 22.4 Å². The molecule has 0 saturated carbocycles. The standard InChI is InChI=1S/C12H9ClFN5S/c1-15-11-9(14)4-16-10(18-11)8-5-19(20)12-7(8)2-6(13)3-17-12/h2-5,20H,1H3,(H,15,16,18). The zero-order valence-corrected chi connectivity index (χ0v) is 12.0. The summed E-state index contributed by atoms with van der Waals surface area (Å²) in [5, 5.41) is 3.92. The van der Waals surface area contributed by atoms with E-state index in [0.717, 1.165) is 11.6 Å². The van der Waals surface area contributed by atoms with E-state index >= 15 is 0 Å². The van der Waals surface area contributed by atoms with E-state index in [1.807, 2.05) is 0 Å². The Morgan fingerprint density at radius 3 is 2.90 bits per heavy atom. The van der Waals surface area contributed by atoms with E-state index in [-0.39, 0.29) is 5.82 Å². The largest absolute Gasteiger partial charge is 0.371 e. The second-order valence-corrected chi connectivity index (χ2v) is 4.92. The molecule has 3 aromatic rings. The Labute approximate surface area is 124 Å². The average Bonchev–Trinajstić information content (AvgIpc) is 2.76. The summed E-state index contributed by atoms with van der Waals surface area (Å²) >= 11 is 10.3. The van der Waals surface area contributed by atoms with Gasteiger partial charge in [-0.2, -0.15) is 0 Å². The summed E-state index contributed by atoms with van der Waals surface area (Å²) in [6, 6.07) is 1.75. The molecule has 0 saturated heterocycles. The van der Waals surface area contributed by atoms with Gasteiger partial charge in [-0.1, -0.05) is 24.4 Å².